The molecule has 0 aromatic heterocycles. The number of hydrogen-bond donors (Lipinski definition) is 1. The fraction of sp³-hybridized carbons (Fsp3) is 0.500. The van der Waals surface area contributed by atoms with Gasteiger partial charge in [-0.3, -0.25) is 5.32 Å². The lowest BCUT2D eigenvalue weighted by Crippen LogP contribution is -2.31. The monoisotopic (exact) mass is 237 g/mol. The van der Waals surface area contributed by atoms with Crippen molar-refractivity contribution in [3.63, 3.8) is 0 Å². The largest absolute Gasteiger partial charge is 0.444 e. The summed E-state index contributed by atoms with van der Waals surface area (Å²) in [5.74, 6) is 0. The SMILES string of the molecule is C=C(C)/C=C(\C=C(C)C)NC(=O)OC(C)(C)C. The van der Waals surface area contributed by atoms with Crippen molar-refractivity contribution in [1.82, 2.24) is 5.32 Å². The molecule has 0 aliphatic heterocycles. The Kier molecular flexibility index (Phi) is 5.72. The summed E-state index contributed by atoms with van der Waals surface area (Å²) >= 11 is 0. The molecule has 0 fully saturated rings. The summed E-state index contributed by atoms with van der Waals surface area (Å²) in [6.07, 6.45) is 3.22. The van der Waals surface area contributed by atoms with Gasteiger partial charge in [0, 0.05) is 5.70 Å². The summed E-state index contributed by atoms with van der Waals surface area (Å²) in [6.45, 7) is 15.1. The summed E-state index contributed by atoms with van der Waals surface area (Å²) < 4.78 is 5.18. The lowest BCUT2D eigenvalue weighted by molar-refractivity contribution is 0.0548. The van der Waals surface area contributed by atoms with Gasteiger partial charge in [0.1, 0.15) is 5.60 Å². The predicted molar refractivity (Wildman–Crippen MR) is 71.7 cm³/mol. The number of ether oxygens (including phenoxy) is 1. The fourth-order valence-corrected chi connectivity index (χ4v) is 1.11. The van der Waals surface area contributed by atoms with Crippen LogP contribution in [0.1, 0.15) is 41.5 Å². The van der Waals surface area contributed by atoms with Gasteiger partial charge in [-0.1, -0.05) is 17.7 Å². The molecular formula is C14H23NO2. The lowest BCUT2D eigenvalue weighted by Gasteiger charge is -2.20. The lowest BCUT2D eigenvalue weighted by atomic mass is 10.2. The van der Waals surface area contributed by atoms with E-state index in [1.807, 2.05) is 47.6 Å². The molecule has 0 saturated carbocycles. The number of rotatable bonds is 3. The second-order valence-corrected chi connectivity index (χ2v) is 5.29. The number of allylic oxidation sites excluding steroid dienone is 4. The predicted octanol–water partition coefficient (Wildman–Crippen LogP) is 3.94. The van der Waals surface area contributed by atoms with Crippen molar-refractivity contribution in [2.75, 3.05) is 0 Å². The van der Waals surface area contributed by atoms with Crippen molar-refractivity contribution in [3.8, 4) is 0 Å². The maximum absolute atomic E-state index is 11.6. The van der Waals surface area contributed by atoms with Crippen molar-refractivity contribution in [2.45, 2.75) is 47.1 Å². The highest BCUT2D eigenvalue weighted by atomic mass is 16.6. The molecule has 0 heterocycles. The van der Waals surface area contributed by atoms with Crippen LogP contribution in [-0.2, 0) is 4.74 Å². The topological polar surface area (TPSA) is 38.3 Å². The Labute approximate surface area is 104 Å². The highest BCUT2D eigenvalue weighted by Gasteiger charge is 2.16. The molecule has 0 aliphatic carbocycles. The summed E-state index contributed by atoms with van der Waals surface area (Å²) in [7, 11) is 0. The smallest absolute Gasteiger partial charge is 0.412 e. The van der Waals surface area contributed by atoms with Gasteiger partial charge in [0.05, 0.1) is 0 Å². The molecule has 0 radical (unpaired) electrons. The van der Waals surface area contributed by atoms with E-state index < -0.39 is 11.7 Å². The van der Waals surface area contributed by atoms with Gasteiger partial charge in [0.25, 0.3) is 0 Å². The molecule has 0 saturated heterocycles. The van der Waals surface area contributed by atoms with Crippen LogP contribution in [-0.4, -0.2) is 11.7 Å². The fourth-order valence-electron chi connectivity index (χ4n) is 1.11. The van der Waals surface area contributed by atoms with Gasteiger partial charge in [-0.2, -0.15) is 0 Å². The van der Waals surface area contributed by atoms with E-state index in [1.54, 1.807) is 6.08 Å². The van der Waals surface area contributed by atoms with E-state index in [0.29, 0.717) is 5.70 Å². The van der Waals surface area contributed by atoms with Gasteiger partial charge in [0.2, 0.25) is 0 Å². The molecule has 0 atom stereocenters. The Balaban J connectivity index is 4.73. The van der Waals surface area contributed by atoms with Crippen LogP contribution in [0.5, 0.6) is 0 Å². The van der Waals surface area contributed by atoms with E-state index in [-0.39, 0.29) is 0 Å². The number of nitrogens with one attached hydrogen (secondary N) is 1. The van der Waals surface area contributed by atoms with Crippen LogP contribution in [0.2, 0.25) is 0 Å². The van der Waals surface area contributed by atoms with Crippen molar-refractivity contribution in [1.29, 1.82) is 0 Å². The minimum atomic E-state index is -0.497. The number of carbonyl (C=O) groups excluding carboxylic acids is 1. The molecular weight excluding hydrogens is 214 g/mol. The molecule has 17 heavy (non-hydrogen) atoms. The molecule has 0 rings (SSSR count). The average molecular weight is 237 g/mol. The summed E-state index contributed by atoms with van der Waals surface area (Å²) in [5, 5.41) is 2.70. The zero-order chi connectivity index (χ0) is 13.6. The molecule has 0 aliphatic rings. The Morgan fingerprint density at radius 2 is 1.71 bits per heavy atom. The van der Waals surface area contributed by atoms with Crippen molar-refractivity contribution >= 4 is 6.09 Å². The summed E-state index contributed by atoms with van der Waals surface area (Å²) in [4.78, 5) is 11.6. The molecule has 0 aromatic carbocycles. The zero-order valence-electron chi connectivity index (χ0n) is 11.7. The molecule has 1 amide bonds. The second-order valence-electron chi connectivity index (χ2n) is 5.29. The molecule has 0 unspecified atom stereocenters. The molecule has 96 valence electrons. The maximum Gasteiger partial charge on any atom is 0.412 e. The van der Waals surface area contributed by atoms with Crippen LogP contribution < -0.4 is 5.32 Å². The van der Waals surface area contributed by atoms with E-state index in [0.717, 1.165) is 11.1 Å². The highest BCUT2D eigenvalue weighted by molar-refractivity contribution is 5.71. The van der Waals surface area contributed by atoms with Crippen molar-refractivity contribution in [3.05, 3.63) is 35.6 Å². The summed E-state index contributed by atoms with van der Waals surface area (Å²) in [5.41, 5.74) is 2.15. The van der Waals surface area contributed by atoms with Crippen LogP contribution in [0, 0.1) is 0 Å². The second kappa shape index (κ2) is 6.28. The summed E-state index contributed by atoms with van der Waals surface area (Å²) in [6, 6.07) is 0. The van der Waals surface area contributed by atoms with Crippen LogP contribution >= 0.6 is 0 Å². The minimum Gasteiger partial charge on any atom is -0.444 e. The van der Waals surface area contributed by atoms with E-state index >= 15 is 0 Å². The Morgan fingerprint density at radius 1 is 1.18 bits per heavy atom. The van der Waals surface area contributed by atoms with Gasteiger partial charge < -0.3 is 4.74 Å². The number of alkyl carbamates (subject to hydrolysis) is 1. The first-order valence-electron chi connectivity index (χ1n) is 5.62. The van der Waals surface area contributed by atoms with E-state index in [4.69, 9.17) is 4.74 Å². The average Bonchev–Trinajstić information content (AvgIpc) is 1.95. The van der Waals surface area contributed by atoms with E-state index in [2.05, 4.69) is 11.9 Å². The maximum atomic E-state index is 11.6. The Morgan fingerprint density at radius 3 is 2.06 bits per heavy atom. The first kappa shape index (κ1) is 15.5. The van der Waals surface area contributed by atoms with Crippen LogP contribution in [0.3, 0.4) is 0 Å². The molecule has 3 nitrogen and oxygen atoms in total. The zero-order valence-corrected chi connectivity index (χ0v) is 11.7. The van der Waals surface area contributed by atoms with Crippen LogP contribution in [0.4, 0.5) is 4.79 Å². The third kappa shape index (κ3) is 9.42. The quantitative estimate of drug-likeness (QED) is 0.755. The van der Waals surface area contributed by atoms with Crippen molar-refractivity contribution in [2.24, 2.45) is 0 Å². The molecule has 1 N–H and O–H groups in total. The molecule has 0 bridgehead atoms. The third-order valence-corrected chi connectivity index (χ3v) is 1.49. The Hall–Kier alpha value is -1.51. The third-order valence-electron chi connectivity index (χ3n) is 1.49. The first-order chi connectivity index (χ1) is 7.60. The van der Waals surface area contributed by atoms with E-state index in [1.165, 1.54) is 0 Å². The minimum absolute atomic E-state index is 0.456. The van der Waals surface area contributed by atoms with Gasteiger partial charge in [-0.05, 0) is 53.7 Å². The van der Waals surface area contributed by atoms with Gasteiger partial charge in [0.15, 0.2) is 0 Å². The number of carbonyl (C=O) groups is 1. The molecule has 0 spiro atoms. The highest BCUT2D eigenvalue weighted by Crippen LogP contribution is 2.09. The van der Waals surface area contributed by atoms with Gasteiger partial charge >= 0.3 is 6.09 Å². The standard InChI is InChI=1S/C14H23NO2/c1-10(2)8-12(9-11(3)4)15-13(16)17-14(5,6)7/h8-9H,1H2,2-7H3,(H,15,16)/b12-8+. The van der Waals surface area contributed by atoms with Gasteiger partial charge in [-0.25, -0.2) is 4.79 Å². The van der Waals surface area contributed by atoms with Crippen LogP contribution in [0.15, 0.2) is 35.6 Å². The Bertz CT molecular complexity index is 353. The molecule has 0 aromatic rings. The van der Waals surface area contributed by atoms with Crippen molar-refractivity contribution < 1.29 is 9.53 Å². The normalized spacial score (nSPS) is 11.8. The van der Waals surface area contributed by atoms with E-state index in [9.17, 15) is 4.79 Å². The first-order valence-corrected chi connectivity index (χ1v) is 5.62. The van der Waals surface area contributed by atoms with Gasteiger partial charge in [-0.15, -0.1) is 0 Å². The number of amides is 1. The molecule has 3 heteroatoms. The number of hydrogen-bond acceptors (Lipinski definition) is 2. The van der Waals surface area contributed by atoms with Crippen LogP contribution in [0.25, 0.3) is 0 Å².